The number of nitrogens with zero attached hydrogens (tertiary/aromatic N) is 1. The third-order valence-corrected chi connectivity index (χ3v) is 10.7. The minimum absolute atomic E-state index is 0.0137. The highest BCUT2D eigenvalue weighted by Crippen LogP contribution is 2.40. The van der Waals surface area contributed by atoms with Gasteiger partial charge in [0.1, 0.15) is 6.04 Å². The van der Waals surface area contributed by atoms with Crippen molar-refractivity contribution in [1.29, 1.82) is 0 Å². The van der Waals surface area contributed by atoms with Crippen LogP contribution >= 0.6 is 11.8 Å². The molecule has 2 fully saturated rings. The molecule has 0 spiro atoms. The van der Waals surface area contributed by atoms with Crippen LogP contribution in [0.15, 0.2) is 72.8 Å². The molecule has 5 N–H and O–H groups in total. The molecule has 5 rings (SSSR count). The van der Waals surface area contributed by atoms with Crippen LogP contribution in [0.1, 0.15) is 50.2 Å². The number of fused-ring (bicyclic) bond motifs is 1. The molecule has 1 saturated heterocycles. The Bertz CT molecular complexity index is 1450. The zero-order valence-corrected chi connectivity index (χ0v) is 26.3. The van der Waals surface area contributed by atoms with Crippen LogP contribution in [0.3, 0.4) is 0 Å². The van der Waals surface area contributed by atoms with Crippen molar-refractivity contribution in [2.45, 2.75) is 68.7 Å². The lowest BCUT2D eigenvalue weighted by atomic mass is 9.74. The van der Waals surface area contributed by atoms with Gasteiger partial charge < -0.3 is 21.3 Å². The van der Waals surface area contributed by atoms with Crippen molar-refractivity contribution < 1.29 is 20.1 Å². The van der Waals surface area contributed by atoms with Crippen LogP contribution in [0, 0.1) is 5.41 Å². The lowest BCUT2D eigenvalue weighted by Crippen LogP contribution is -2.61. The Hall–Kier alpha value is -3.36. The SMILES string of the molecule is CCNC(=O)C1(Cc2ccccc2)CCCN(C(=O)[C@@H](Cc2ccc3ccccc3c2)NC(=O)C2(SC)CC[C@H]([NH3+])C2)C1. The molecule has 2 unspecified atom stereocenters. The van der Waals surface area contributed by atoms with Gasteiger partial charge in [0.15, 0.2) is 0 Å². The maximum Gasteiger partial charge on any atom is 0.245 e. The molecule has 3 aromatic rings. The molecule has 43 heavy (non-hydrogen) atoms. The maximum absolute atomic E-state index is 14.5. The van der Waals surface area contributed by atoms with E-state index in [1.54, 1.807) is 11.8 Å². The van der Waals surface area contributed by atoms with Crippen LogP contribution in [0.2, 0.25) is 0 Å². The van der Waals surface area contributed by atoms with E-state index in [0.717, 1.165) is 41.2 Å². The first-order valence-electron chi connectivity index (χ1n) is 15.6. The molecule has 1 heterocycles. The molecule has 228 valence electrons. The number of thioether (sulfide) groups is 1. The van der Waals surface area contributed by atoms with Crippen molar-refractivity contribution in [2.24, 2.45) is 5.41 Å². The minimum Gasteiger partial charge on any atom is -0.356 e. The van der Waals surface area contributed by atoms with Crippen molar-refractivity contribution in [1.82, 2.24) is 15.5 Å². The van der Waals surface area contributed by atoms with Crippen molar-refractivity contribution in [3.8, 4) is 0 Å². The minimum atomic E-state index is -0.733. The summed E-state index contributed by atoms with van der Waals surface area (Å²) in [6, 6.07) is 23.9. The number of hydrogen-bond donors (Lipinski definition) is 3. The van der Waals surface area contributed by atoms with E-state index in [2.05, 4.69) is 40.6 Å². The molecule has 7 nitrogen and oxygen atoms in total. The maximum atomic E-state index is 14.5. The van der Waals surface area contributed by atoms with Crippen LogP contribution in [0.25, 0.3) is 10.8 Å². The molecular formula is C35H45N4O3S+. The number of carbonyl (C=O) groups excluding carboxylic acids is 3. The summed E-state index contributed by atoms with van der Waals surface area (Å²) in [6.45, 7) is 3.35. The molecule has 3 aromatic carbocycles. The van der Waals surface area contributed by atoms with Gasteiger partial charge >= 0.3 is 0 Å². The average molecular weight is 602 g/mol. The lowest BCUT2D eigenvalue weighted by molar-refractivity contribution is -0.417. The van der Waals surface area contributed by atoms with E-state index in [1.165, 1.54) is 0 Å². The molecule has 2 aliphatic rings. The first-order chi connectivity index (χ1) is 20.8. The fourth-order valence-electron chi connectivity index (χ4n) is 6.97. The van der Waals surface area contributed by atoms with Gasteiger partial charge in [-0.3, -0.25) is 14.4 Å². The van der Waals surface area contributed by atoms with E-state index in [0.29, 0.717) is 45.3 Å². The first-order valence-corrected chi connectivity index (χ1v) is 16.8. The van der Waals surface area contributed by atoms with Crippen molar-refractivity contribution in [3.05, 3.63) is 83.9 Å². The average Bonchev–Trinajstić information content (AvgIpc) is 3.43. The zero-order valence-electron chi connectivity index (χ0n) is 25.4. The molecule has 0 bridgehead atoms. The molecule has 1 aliphatic heterocycles. The van der Waals surface area contributed by atoms with Gasteiger partial charge in [0.05, 0.1) is 16.2 Å². The summed E-state index contributed by atoms with van der Waals surface area (Å²) in [5.41, 5.74) is 5.57. The summed E-state index contributed by atoms with van der Waals surface area (Å²) in [6.07, 6.45) is 6.72. The third-order valence-electron chi connectivity index (χ3n) is 9.33. The number of piperidine rings is 1. The van der Waals surface area contributed by atoms with Gasteiger partial charge in [-0.2, -0.15) is 0 Å². The number of amides is 3. The standard InChI is InChI=1S/C35H44N4O3S/c1-3-37-32(41)34(22-25-10-5-4-6-11-25)17-9-19-39(24-34)31(40)30(38-33(42)35(43-2)18-16-29(36)23-35)21-26-14-15-27-12-7-8-13-28(27)20-26/h4-8,10-15,20,29-30H,3,9,16-19,21-24,36H2,1-2H3,(H,37,41)(H,38,42)/p+1/t29-,30+,34?,35?/m0/s1. The Morgan fingerprint density at radius 3 is 2.42 bits per heavy atom. The Morgan fingerprint density at radius 1 is 0.977 bits per heavy atom. The van der Waals surface area contributed by atoms with Crippen LogP contribution in [0.5, 0.6) is 0 Å². The number of benzene rings is 3. The zero-order chi connectivity index (χ0) is 30.5. The van der Waals surface area contributed by atoms with Gasteiger partial charge in [0, 0.05) is 38.9 Å². The molecule has 1 aliphatic carbocycles. The summed E-state index contributed by atoms with van der Waals surface area (Å²) in [7, 11) is 0. The smallest absolute Gasteiger partial charge is 0.245 e. The van der Waals surface area contributed by atoms with Gasteiger partial charge in [0.25, 0.3) is 0 Å². The van der Waals surface area contributed by atoms with E-state index in [4.69, 9.17) is 0 Å². The topological polar surface area (TPSA) is 106 Å². The highest BCUT2D eigenvalue weighted by atomic mass is 32.2. The van der Waals surface area contributed by atoms with Gasteiger partial charge in [0.2, 0.25) is 17.7 Å². The first kappa shape index (κ1) is 31.1. The number of hydrogen-bond acceptors (Lipinski definition) is 4. The Labute approximate surface area is 259 Å². The van der Waals surface area contributed by atoms with Crippen molar-refractivity contribution >= 4 is 40.3 Å². The van der Waals surface area contributed by atoms with E-state index in [9.17, 15) is 14.4 Å². The molecule has 0 aromatic heterocycles. The van der Waals surface area contributed by atoms with Crippen LogP contribution in [0.4, 0.5) is 0 Å². The predicted molar refractivity (Wildman–Crippen MR) is 173 cm³/mol. The fourth-order valence-corrected chi connectivity index (χ4v) is 7.94. The van der Waals surface area contributed by atoms with Gasteiger partial charge in [-0.25, -0.2) is 0 Å². The Balaban J connectivity index is 1.44. The molecule has 4 atom stereocenters. The Kier molecular flexibility index (Phi) is 9.77. The lowest BCUT2D eigenvalue weighted by Gasteiger charge is -2.43. The summed E-state index contributed by atoms with van der Waals surface area (Å²) < 4.78 is -0.575. The van der Waals surface area contributed by atoms with E-state index in [-0.39, 0.29) is 23.8 Å². The third kappa shape index (κ3) is 6.91. The second-order valence-corrected chi connectivity index (χ2v) is 13.6. The predicted octanol–water partition coefficient (Wildman–Crippen LogP) is 3.75. The summed E-state index contributed by atoms with van der Waals surface area (Å²) >= 11 is 1.57. The Morgan fingerprint density at radius 2 is 1.72 bits per heavy atom. The molecule has 0 radical (unpaired) electrons. The quantitative estimate of drug-likeness (QED) is 0.329. The fraction of sp³-hybridized carbons (Fsp3) is 0.457. The largest absolute Gasteiger partial charge is 0.356 e. The second-order valence-electron chi connectivity index (χ2n) is 12.4. The summed E-state index contributed by atoms with van der Waals surface area (Å²) in [5.74, 6) is -0.217. The van der Waals surface area contributed by atoms with Crippen molar-refractivity contribution in [3.63, 3.8) is 0 Å². The molecule has 1 saturated carbocycles. The highest BCUT2D eigenvalue weighted by molar-refractivity contribution is 8.00. The van der Waals surface area contributed by atoms with Gasteiger partial charge in [-0.1, -0.05) is 72.8 Å². The number of likely N-dealkylation sites (tertiary alicyclic amines) is 1. The van der Waals surface area contributed by atoms with Crippen LogP contribution in [-0.2, 0) is 27.2 Å². The van der Waals surface area contributed by atoms with E-state index < -0.39 is 16.2 Å². The van der Waals surface area contributed by atoms with Crippen molar-refractivity contribution in [2.75, 3.05) is 25.9 Å². The summed E-state index contributed by atoms with van der Waals surface area (Å²) in [5, 5.41) is 8.51. The number of quaternary nitrogens is 1. The van der Waals surface area contributed by atoms with E-state index in [1.807, 2.05) is 66.6 Å². The number of nitrogens with one attached hydrogen (secondary N) is 2. The molecular weight excluding hydrogens is 556 g/mol. The molecule has 3 amide bonds. The van der Waals surface area contributed by atoms with Crippen LogP contribution in [-0.4, -0.2) is 65.3 Å². The van der Waals surface area contributed by atoms with Crippen LogP contribution < -0.4 is 16.4 Å². The van der Waals surface area contributed by atoms with Gasteiger partial charge in [-0.15, -0.1) is 11.8 Å². The van der Waals surface area contributed by atoms with Gasteiger partial charge in [-0.05, 0) is 60.8 Å². The highest BCUT2D eigenvalue weighted by Gasteiger charge is 2.48. The second kappa shape index (κ2) is 13.5. The van der Waals surface area contributed by atoms with E-state index >= 15 is 0 Å². The monoisotopic (exact) mass is 601 g/mol. The molecule has 8 heteroatoms. The number of rotatable bonds is 10. The number of carbonyl (C=O) groups is 3. The summed E-state index contributed by atoms with van der Waals surface area (Å²) in [4.78, 5) is 43.8. The normalized spacial score (nSPS) is 24.4.